The summed E-state index contributed by atoms with van der Waals surface area (Å²) in [7, 11) is -2.94. The molecule has 4 unspecified atom stereocenters. The van der Waals surface area contributed by atoms with Crippen molar-refractivity contribution in [3.63, 3.8) is 0 Å². The van der Waals surface area contributed by atoms with Crippen LogP contribution in [0.15, 0.2) is 0 Å². The zero-order valence-electron chi connectivity index (χ0n) is 11.8. The second-order valence-electron chi connectivity index (χ2n) is 5.96. The van der Waals surface area contributed by atoms with Crippen molar-refractivity contribution >= 4 is 9.84 Å². The molecule has 0 aromatic carbocycles. The molecule has 1 saturated heterocycles. The standard InChI is InChI=1S/C13H25NO4S/c1-10-9-18-12(8-15)7-14(10)11-4-3-5-13(6-11)19(2,16)17/h10-13,15H,3-9H2,1-2H3. The van der Waals surface area contributed by atoms with Crippen LogP contribution in [0.3, 0.4) is 0 Å². The molecule has 1 aliphatic heterocycles. The van der Waals surface area contributed by atoms with Gasteiger partial charge in [-0.1, -0.05) is 6.42 Å². The van der Waals surface area contributed by atoms with E-state index in [0.717, 1.165) is 25.7 Å². The van der Waals surface area contributed by atoms with Gasteiger partial charge < -0.3 is 9.84 Å². The van der Waals surface area contributed by atoms with Crippen LogP contribution in [0.5, 0.6) is 0 Å². The first kappa shape index (κ1) is 15.2. The normalized spacial score (nSPS) is 38.3. The number of aliphatic hydroxyl groups excluding tert-OH is 1. The molecule has 1 N–H and O–H groups in total. The molecule has 2 rings (SSSR count). The fourth-order valence-electron chi connectivity index (χ4n) is 3.27. The van der Waals surface area contributed by atoms with Crippen molar-refractivity contribution in [2.24, 2.45) is 0 Å². The minimum atomic E-state index is -2.94. The Morgan fingerprint density at radius 3 is 2.74 bits per heavy atom. The molecule has 6 heteroatoms. The summed E-state index contributed by atoms with van der Waals surface area (Å²) in [5.41, 5.74) is 0. The third-order valence-electron chi connectivity index (χ3n) is 4.43. The minimum Gasteiger partial charge on any atom is -0.394 e. The zero-order chi connectivity index (χ0) is 14.0. The molecule has 0 bridgehead atoms. The average Bonchev–Trinajstić information content (AvgIpc) is 2.38. The van der Waals surface area contributed by atoms with Crippen molar-refractivity contribution in [2.45, 2.75) is 56.0 Å². The highest BCUT2D eigenvalue weighted by Gasteiger charge is 2.36. The van der Waals surface area contributed by atoms with Crippen LogP contribution in [-0.2, 0) is 14.6 Å². The summed E-state index contributed by atoms with van der Waals surface area (Å²) in [4.78, 5) is 2.34. The first-order valence-electron chi connectivity index (χ1n) is 7.09. The van der Waals surface area contributed by atoms with Crippen LogP contribution in [0.1, 0.15) is 32.6 Å². The van der Waals surface area contributed by atoms with E-state index in [4.69, 9.17) is 4.74 Å². The maximum absolute atomic E-state index is 11.7. The van der Waals surface area contributed by atoms with Gasteiger partial charge in [0.2, 0.25) is 0 Å². The van der Waals surface area contributed by atoms with Gasteiger partial charge in [0.15, 0.2) is 0 Å². The van der Waals surface area contributed by atoms with E-state index in [1.165, 1.54) is 6.26 Å². The van der Waals surface area contributed by atoms with Gasteiger partial charge in [-0.05, 0) is 26.2 Å². The van der Waals surface area contributed by atoms with Gasteiger partial charge in [-0.3, -0.25) is 4.90 Å². The summed E-state index contributed by atoms with van der Waals surface area (Å²) in [6, 6.07) is 0.604. The number of aliphatic hydroxyl groups is 1. The molecule has 4 atom stereocenters. The Kier molecular flexibility index (Phi) is 4.87. The summed E-state index contributed by atoms with van der Waals surface area (Å²) >= 11 is 0. The number of morpholine rings is 1. The zero-order valence-corrected chi connectivity index (χ0v) is 12.6. The molecular formula is C13H25NO4S. The smallest absolute Gasteiger partial charge is 0.150 e. The second-order valence-corrected chi connectivity index (χ2v) is 8.28. The molecule has 1 aliphatic carbocycles. The van der Waals surface area contributed by atoms with Gasteiger partial charge in [0.05, 0.1) is 24.6 Å². The van der Waals surface area contributed by atoms with E-state index in [-0.39, 0.29) is 18.0 Å². The summed E-state index contributed by atoms with van der Waals surface area (Å²) in [5.74, 6) is 0. The fourth-order valence-corrected chi connectivity index (χ4v) is 4.44. The van der Waals surface area contributed by atoms with E-state index >= 15 is 0 Å². The van der Waals surface area contributed by atoms with Crippen molar-refractivity contribution in [1.82, 2.24) is 4.90 Å². The van der Waals surface area contributed by atoms with Crippen molar-refractivity contribution in [1.29, 1.82) is 0 Å². The van der Waals surface area contributed by atoms with Crippen LogP contribution in [0.2, 0.25) is 0 Å². The number of nitrogens with zero attached hydrogens (tertiary/aromatic N) is 1. The van der Waals surface area contributed by atoms with Crippen molar-refractivity contribution in [3.8, 4) is 0 Å². The maximum atomic E-state index is 11.7. The SMILES string of the molecule is CC1COC(CO)CN1C1CCCC(S(C)(=O)=O)C1. The summed E-state index contributed by atoms with van der Waals surface area (Å²) in [6.45, 7) is 3.47. The Morgan fingerprint density at radius 1 is 1.37 bits per heavy atom. The molecule has 0 aromatic rings. The van der Waals surface area contributed by atoms with Crippen molar-refractivity contribution in [3.05, 3.63) is 0 Å². The van der Waals surface area contributed by atoms with Crippen LogP contribution in [0.25, 0.3) is 0 Å². The highest BCUT2D eigenvalue weighted by atomic mass is 32.2. The van der Waals surface area contributed by atoms with Gasteiger partial charge in [-0.25, -0.2) is 8.42 Å². The van der Waals surface area contributed by atoms with Crippen molar-refractivity contribution in [2.75, 3.05) is 26.0 Å². The van der Waals surface area contributed by atoms with Gasteiger partial charge >= 0.3 is 0 Å². The average molecular weight is 291 g/mol. The first-order valence-corrected chi connectivity index (χ1v) is 9.04. The lowest BCUT2D eigenvalue weighted by Gasteiger charge is -2.44. The van der Waals surface area contributed by atoms with E-state index in [2.05, 4.69) is 11.8 Å². The van der Waals surface area contributed by atoms with E-state index in [1.54, 1.807) is 0 Å². The van der Waals surface area contributed by atoms with Crippen LogP contribution in [-0.4, -0.2) is 67.9 Å². The summed E-state index contributed by atoms with van der Waals surface area (Å²) in [5, 5.41) is 9.03. The van der Waals surface area contributed by atoms with Crippen molar-refractivity contribution < 1.29 is 18.3 Å². The fraction of sp³-hybridized carbons (Fsp3) is 1.00. The highest BCUT2D eigenvalue weighted by molar-refractivity contribution is 7.91. The topological polar surface area (TPSA) is 66.8 Å². The highest BCUT2D eigenvalue weighted by Crippen LogP contribution is 2.30. The third kappa shape index (κ3) is 3.68. The molecule has 2 fully saturated rings. The van der Waals surface area contributed by atoms with E-state index in [9.17, 15) is 13.5 Å². The van der Waals surface area contributed by atoms with Crippen LogP contribution < -0.4 is 0 Å². The molecule has 2 aliphatic rings. The largest absolute Gasteiger partial charge is 0.394 e. The maximum Gasteiger partial charge on any atom is 0.150 e. The minimum absolute atomic E-state index is 0.0332. The van der Waals surface area contributed by atoms with Crippen LogP contribution in [0, 0.1) is 0 Å². The number of rotatable bonds is 3. The predicted octanol–water partition coefficient (Wildman–Crippen LogP) is 0.424. The van der Waals surface area contributed by atoms with Gasteiger partial charge in [0.1, 0.15) is 9.84 Å². The lowest BCUT2D eigenvalue weighted by molar-refractivity contribution is -0.0946. The molecule has 1 saturated carbocycles. The molecule has 112 valence electrons. The number of hydrogen-bond acceptors (Lipinski definition) is 5. The quantitative estimate of drug-likeness (QED) is 0.816. The first-order chi connectivity index (χ1) is 8.91. The molecular weight excluding hydrogens is 266 g/mol. The number of sulfone groups is 1. The van der Waals surface area contributed by atoms with Gasteiger partial charge in [0.25, 0.3) is 0 Å². The molecule has 19 heavy (non-hydrogen) atoms. The Labute approximate surface area is 115 Å². The summed E-state index contributed by atoms with van der Waals surface area (Å²) in [6.07, 6.45) is 4.75. The lowest BCUT2D eigenvalue weighted by atomic mass is 9.92. The van der Waals surface area contributed by atoms with Gasteiger partial charge in [-0.2, -0.15) is 0 Å². The van der Waals surface area contributed by atoms with Gasteiger partial charge in [0, 0.05) is 24.9 Å². The monoisotopic (exact) mass is 291 g/mol. The Bertz CT molecular complexity index is 397. The molecule has 0 spiro atoms. The third-order valence-corrected chi connectivity index (χ3v) is 6.07. The molecule has 0 aromatic heterocycles. The Hall–Kier alpha value is -0.170. The molecule has 1 heterocycles. The lowest BCUT2D eigenvalue weighted by Crippen LogP contribution is -2.55. The number of ether oxygens (including phenoxy) is 1. The van der Waals surface area contributed by atoms with E-state index in [1.807, 2.05) is 0 Å². The van der Waals surface area contributed by atoms with Crippen LogP contribution in [0.4, 0.5) is 0 Å². The van der Waals surface area contributed by atoms with E-state index < -0.39 is 9.84 Å². The van der Waals surface area contributed by atoms with E-state index in [0.29, 0.717) is 25.2 Å². The molecule has 0 amide bonds. The predicted molar refractivity (Wildman–Crippen MR) is 73.9 cm³/mol. The molecule has 5 nitrogen and oxygen atoms in total. The Balaban J connectivity index is 2.03. The van der Waals surface area contributed by atoms with Gasteiger partial charge in [-0.15, -0.1) is 0 Å². The number of hydrogen-bond donors (Lipinski definition) is 1. The second kappa shape index (κ2) is 6.08. The Morgan fingerprint density at radius 2 is 2.11 bits per heavy atom. The summed E-state index contributed by atoms with van der Waals surface area (Å²) < 4.78 is 29.0. The molecule has 0 radical (unpaired) electrons. The van der Waals surface area contributed by atoms with Crippen LogP contribution >= 0.6 is 0 Å².